The van der Waals surface area contributed by atoms with E-state index in [4.69, 9.17) is 9.47 Å². The number of nitrogens with one attached hydrogen (secondary N) is 1. The summed E-state index contributed by atoms with van der Waals surface area (Å²) >= 11 is 0. The van der Waals surface area contributed by atoms with Gasteiger partial charge in [0.1, 0.15) is 5.60 Å². The fraction of sp³-hybridized carbons (Fsp3) is 0.467. The predicted molar refractivity (Wildman–Crippen MR) is 75.1 cm³/mol. The van der Waals surface area contributed by atoms with Crippen molar-refractivity contribution in [3.05, 3.63) is 35.9 Å². The summed E-state index contributed by atoms with van der Waals surface area (Å²) in [6.45, 7) is 5.64. The number of aryl methyl sites for hydroxylation is 1. The van der Waals surface area contributed by atoms with Crippen LogP contribution in [0.25, 0.3) is 0 Å². The van der Waals surface area contributed by atoms with Crippen molar-refractivity contribution in [2.24, 2.45) is 0 Å². The lowest BCUT2D eigenvalue weighted by molar-refractivity contribution is -0.135. The van der Waals surface area contributed by atoms with Crippen molar-refractivity contribution >= 4 is 12.6 Å². The molecule has 0 saturated heterocycles. The van der Waals surface area contributed by atoms with Crippen LogP contribution in [0.2, 0.25) is 0 Å². The molecule has 0 aliphatic carbocycles. The smallest absolute Gasteiger partial charge is 0.410 e. The zero-order valence-electron chi connectivity index (χ0n) is 12.1. The first-order chi connectivity index (χ1) is 9.40. The molecule has 1 amide bonds. The molecule has 0 fully saturated rings. The monoisotopic (exact) mass is 279 g/mol. The molecule has 0 saturated carbocycles. The summed E-state index contributed by atoms with van der Waals surface area (Å²) < 4.78 is 9.98. The van der Waals surface area contributed by atoms with Gasteiger partial charge >= 0.3 is 6.09 Å². The number of carbonyl (C=O) groups is 2. The van der Waals surface area contributed by atoms with Crippen LogP contribution in [-0.2, 0) is 20.7 Å². The third-order valence-corrected chi connectivity index (χ3v) is 2.44. The minimum Gasteiger partial charge on any atom is -0.444 e. The van der Waals surface area contributed by atoms with Crippen molar-refractivity contribution in [2.75, 3.05) is 0 Å². The van der Waals surface area contributed by atoms with Crippen molar-refractivity contribution in [2.45, 2.75) is 45.4 Å². The van der Waals surface area contributed by atoms with Gasteiger partial charge in [0.25, 0.3) is 6.47 Å². The summed E-state index contributed by atoms with van der Waals surface area (Å²) in [5.74, 6) is 0. The van der Waals surface area contributed by atoms with Gasteiger partial charge in [-0.15, -0.1) is 0 Å². The van der Waals surface area contributed by atoms with E-state index in [9.17, 15) is 9.59 Å². The Labute approximate surface area is 119 Å². The van der Waals surface area contributed by atoms with Crippen molar-refractivity contribution < 1.29 is 19.1 Å². The van der Waals surface area contributed by atoms with E-state index < -0.39 is 17.9 Å². The highest BCUT2D eigenvalue weighted by Crippen LogP contribution is 2.09. The Hall–Kier alpha value is -2.04. The molecule has 20 heavy (non-hydrogen) atoms. The Kier molecular flexibility index (Phi) is 6.03. The predicted octanol–water partition coefficient (Wildman–Crippen LogP) is 2.64. The third kappa shape index (κ3) is 6.78. The Morgan fingerprint density at radius 3 is 2.50 bits per heavy atom. The molecule has 0 heterocycles. The molecule has 110 valence electrons. The van der Waals surface area contributed by atoms with E-state index in [0.29, 0.717) is 19.3 Å². The van der Waals surface area contributed by atoms with Crippen molar-refractivity contribution in [1.29, 1.82) is 0 Å². The number of rotatable bonds is 6. The van der Waals surface area contributed by atoms with Gasteiger partial charge in [-0.05, 0) is 32.8 Å². The maximum atomic E-state index is 11.6. The second kappa shape index (κ2) is 7.53. The summed E-state index contributed by atoms with van der Waals surface area (Å²) in [5.41, 5.74) is 0.521. The van der Waals surface area contributed by atoms with E-state index in [1.807, 2.05) is 30.3 Å². The fourth-order valence-electron chi connectivity index (χ4n) is 1.62. The maximum Gasteiger partial charge on any atom is 0.410 e. The number of ether oxygens (including phenoxy) is 2. The standard InChI is InChI=1S/C15H21NO4/c1-15(2,3)20-14(18)16-13(19-11-17)10-9-12-7-5-4-6-8-12/h4-8,11,13H,9-10H2,1-3H3,(H,16,18)/t13-/m0/s1. The van der Waals surface area contributed by atoms with Crippen LogP contribution in [0.1, 0.15) is 32.8 Å². The van der Waals surface area contributed by atoms with Crippen molar-refractivity contribution in [3.8, 4) is 0 Å². The molecule has 0 aliphatic heterocycles. The molecule has 1 aromatic rings. The first-order valence-corrected chi connectivity index (χ1v) is 6.53. The van der Waals surface area contributed by atoms with Crippen LogP contribution in [0.3, 0.4) is 0 Å². The quantitative estimate of drug-likeness (QED) is 0.642. The highest BCUT2D eigenvalue weighted by atomic mass is 16.6. The molecule has 1 N–H and O–H groups in total. The van der Waals surface area contributed by atoms with Crippen LogP contribution < -0.4 is 5.32 Å². The van der Waals surface area contributed by atoms with Gasteiger partial charge in [0.2, 0.25) is 0 Å². The van der Waals surface area contributed by atoms with Gasteiger partial charge < -0.3 is 9.47 Å². The molecule has 0 unspecified atom stereocenters. The topological polar surface area (TPSA) is 64.6 Å². The zero-order valence-corrected chi connectivity index (χ0v) is 12.1. The molecule has 0 radical (unpaired) electrons. The van der Waals surface area contributed by atoms with Crippen LogP contribution in [-0.4, -0.2) is 24.4 Å². The van der Waals surface area contributed by atoms with Gasteiger partial charge in [-0.2, -0.15) is 0 Å². The molecule has 0 spiro atoms. The minimum absolute atomic E-state index is 0.326. The summed E-state index contributed by atoms with van der Waals surface area (Å²) in [5, 5.41) is 2.53. The van der Waals surface area contributed by atoms with Gasteiger partial charge in [0.05, 0.1) is 0 Å². The second-order valence-electron chi connectivity index (χ2n) is 5.39. The van der Waals surface area contributed by atoms with Crippen molar-refractivity contribution in [3.63, 3.8) is 0 Å². The number of amides is 1. The summed E-state index contributed by atoms with van der Waals surface area (Å²) in [4.78, 5) is 22.1. The van der Waals surface area contributed by atoms with Crippen LogP contribution in [0.4, 0.5) is 4.79 Å². The Balaban J connectivity index is 2.48. The zero-order chi connectivity index (χ0) is 15.0. The maximum absolute atomic E-state index is 11.6. The van der Waals surface area contributed by atoms with Crippen LogP contribution in [0.5, 0.6) is 0 Å². The Morgan fingerprint density at radius 1 is 1.30 bits per heavy atom. The van der Waals surface area contributed by atoms with E-state index in [1.54, 1.807) is 20.8 Å². The average Bonchev–Trinajstić information content (AvgIpc) is 2.35. The third-order valence-electron chi connectivity index (χ3n) is 2.44. The van der Waals surface area contributed by atoms with Gasteiger partial charge in [0.15, 0.2) is 6.23 Å². The lowest BCUT2D eigenvalue weighted by Crippen LogP contribution is -2.40. The minimum atomic E-state index is -0.692. The summed E-state index contributed by atoms with van der Waals surface area (Å²) in [6, 6.07) is 9.76. The number of alkyl carbamates (subject to hydrolysis) is 1. The van der Waals surface area contributed by atoms with Crippen LogP contribution >= 0.6 is 0 Å². The number of hydrogen-bond donors (Lipinski definition) is 1. The Morgan fingerprint density at radius 2 is 1.95 bits per heavy atom. The molecule has 5 nitrogen and oxygen atoms in total. The molecule has 1 atom stereocenters. The lowest BCUT2D eigenvalue weighted by Gasteiger charge is -2.22. The average molecular weight is 279 g/mol. The molecule has 0 aliphatic rings. The normalized spacial score (nSPS) is 12.3. The number of hydrogen-bond acceptors (Lipinski definition) is 4. The van der Waals surface area contributed by atoms with E-state index >= 15 is 0 Å². The molecule has 1 aromatic carbocycles. The van der Waals surface area contributed by atoms with E-state index in [2.05, 4.69) is 5.32 Å². The SMILES string of the molecule is CC(C)(C)OC(=O)N[C@H](CCc1ccccc1)OC=O. The van der Waals surface area contributed by atoms with Gasteiger partial charge in [0, 0.05) is 6.42 Å². The van der Waals surface area contributed by atoms with Crippen LogP contribution in [0, 0.1) is 0 Å². The molecular weight excluding hydrogens is 258 g/mol. The van der Waals surface area contributed by atoms with E-state index in [0.717, 1.165) is 5.56 Å². The fourth-order valence-corrected chi connectivity index (χ4v) is 1.62. The largest absolute Gasteiger partial charge is 0.444 e. The lowest BCUT2D eigenvalue weighted by atomic mass is 10.1. The second-order valence-corrected chi connectivity index (χ2v) is 5.39. The number of benzene rings is 1. The molecular formula is C15H21NO4. The molecule has 0 bridgehead atoms. The van der Waals surface area contributed by atoms with Gasteiger partial charge in [-0.1, -0.05) is 30.3 Å². The summed E-state index contributed by atoms with van der Waals surface area (Å²) in [6.07, 6.45) is -0.114. The molecule has 1 rings (SSSR count). The highest BCUT2D eigenvalue weighted by molar-refractivity contribution is 5.68. The van der Waals surface area contributed by atoms with E-state index in [1.165, 1.54) is 0 Å². The first-order valence-electron chi connectivity index (χ1n) is 6.53. The van der Waals surface area contributed by atoms with Gasteiger partial charge in [-0.25, -0.2) is 4.79 Å². The molecule has 0 aromatic heterocycles. The number of carbonyl (C=O) groups excluding carboxylic acids is 2. The van der Waals surface area contributed by atoms with Gasteiger partial charge in [-0.3, -0.25) is 10.1 Å². The van der Waals surface area contributed by atoms with E-state index in [-0.39, 0.29) is 0 Å². The summed E-state index contributed by atoms with van der Waals surface area (Å²) in [7, 11) is 0. The highest BCUT2D eigenvalue weighted by Gasteiger charge is 2.19. The first kappa shape index (κ1) is 16.0. The van der Waals surface area contributed by atoms with Crippen molar-refractivity contribution in [1.82, 2.24) is 5.32 Å². The van der Waals surface area contributed by atoms with Crippen LogP contribution in [0.15, 0.2) is 30.3 Å². The Bertz CT molecular complexity index is 425. The molecule has 5 heteroatoms.